The minimum absolute atomic E-state index is 0.0353. The molecule has 1 aromatic carbocycles. The van der Waals surface area contributed by atoms with Crippen molar-refractivity contribution >= 4 is 5.91 Å². The van der Waals surface area contributed by atoms with E-state index < -0.39 is 11.6 Å². The van der Waals surface area contributed by atoms with Crippen LogP contribution in [0.15, 0.2) is 18.2 Å². The Kier molecular flexibility index (Phi) is 5.99. The van der Waals surface area contributed by atoms with Gasteiger partial charge in [-0.3, -0.25) is 4.79 Å². The Hall–Kier alpha value is -1.62. The van der Waals surface area contributed by atoms with Gasteiger partial charge in [0.1, 0.15) is 0 Å². The standard InChI is InChI=1S/C18H26FNO3/c1-12(2)9-17(22)14-5-7-20(8-6-14)18(23)11-13-3-4-16(21)15(19)10-13/h3-4,10,12,14,17,21-22H,5-9,11H2,1-2H3/t17-/m1/s1. The van der Waals surface area contributed by atoms with Crippen LogP contribution in [0.2, 0.25) is 0 Å². The number of aromatic hydroxyl groups is 1. The van der Waals surface area contributed by atoms with E-state index in [9.17, 15) is 19.4 Å². The van der Waals surface area contributed by atoms with E-state index >= 15 is 0 Å². The van der Waals surface area contributed by atoms with E-state index in [4.69, 9.17) is 0 Å². The number of nitrogens with zero attached hydrogens (tertiary/aromatic N) is 1. The van der Waals surface area contributed by atoms with Gasteiger partial charge in [0.2, 0.25) is 5.91 Å². The number of hydrogen-bond donors (Lipinski definition) is 2. The predicted octanol–water partition coefficient (Wildman–Crippen LogP) is 2.72. The van der Waals surface area contributed by atoms with Gasteiger partial charge in [-0.05, 0) is 48.8 Å². The van der Waals surface area contributed by atoms with Gasteiger partial charge >= 0.3 is 0 Å². The lowest BCUT2D eigenvalue weighted by Gasteiger charge is -2.34. The van der Waals surface area contributed by atoms with Crippen molar-refractivity contribution in [2.24, 2.45) is 11.8 Å². The quantitative estimate of drug-likeness (QED) is 0.876. The Morgan fingerprint density at radius 2 is 2.00 bits per heavy atom. The van der Waals surface area contributed by atoms with E-state index in [0.29, 0.717) is 24.6 Å². The minimum atomic E-state index is -0.703. The van der Waals surface area contributed by atoms with Crippen molar-refractivity contribution < 1.29 is 19.4 Å². The number of phenols is 1. The van der Waals surface area contributed by atoms with Gasteiger partial charge in [0.25, 0.3) is 0 Å². The number of amides is 1. The van der Waals surface area contributed by atoms with Crippen molar-refractivity contribution in [1.29, 1.82) is 0 Å². The zero-order valence-electron chi connectivity index (χ0n) is 13.8. The molecule has 0 unspecified atom stereocenters. The lowest BCUT2D eigenvalue weighted by atomic mass is 9.87. The van der Waals surface area contributed by atoms with E-state index in [1.165, 1.54) is 12.1 Å². The summed E-state index contributed by atoms with van der Waals surface area (Å²) in [5.74, 6) is -0.416. The van der Waals surface area contributed by atoms with E-state index in [2.05, 4.69) is 13.8 Å². The third-order valence-corrected chi connectivity index (χ3v) is 4.52. The molecule has 2 rings (SSSR count). The average molecular weight is 323 g/mol. The molecule has 128 valence electrons. The highest BCUT2D eigenvalue weighted by molar-refractivity contribution is 5.78. The molecule has 1 heterocycles. The number of hydrogen-bond acceptors (Lipinski definition) is 3. The summed E-state index contributed by atoms with van der Waals surface area (Å²) in [7, 11) is 0. The van der Waals surface area contributed by atoms with Crippen LogP contribution in [0.4, 0.5) is 4.39 Å². The zero-order valence-corrected chi connectivity index (χ0v) is 13.8. The van der Waals surface area contributed by atoms with Crippen molar-refractivity contribution in [1.82, 2.24) is 4.90 Å². The van der Waals surface area contributed by atoms with Crippen molar-refractivity contribution in [3.8, 4) is 5.75 Å². The number of likely N-dealkylation sites (tertiary alicyclic amines) is 1. The number of rotatable bonds is 5. The van der Waals surface area contributed by atoms with Crippen LogP contribution < -0.4 is 0 Å². The molecule has 1 atom stereocenters. The van der Waals surface area contributed by atoms with Gasteiger partial charge in [-0.15, -0.1) is 0 Å². The lowest BCUT2D eigenvalue weighted by molar-refractivity contribution is -0.132. The molecule has 1 fully saturated rings. The van der Waals surface area contributed by atoms with Crippen LogP contribution in [0.25, 0.3) is 0 Å². The Morgan fingerprint density at radius 3 is 2.57 bits per heavy atom. The minimum Gasteiger partial charge on any atom is -0.505 e. The van der Waals surface area contributed by atoms with Gasteiger partial charge in [0, 0.05) is 13.1 Å². The highest BCUT2D eigenvalue weighted by Crippen LogP contribution is 2.25. The molecule has 0 spiro atoms. The number of benzene rings is 1. The molecule has 1 aromatic rings. The highest BCUT2D eigenvalue weighted by Gasteiger charge is 2.27. The first-order valence-corrected chi connectivity index (χ1v) is 8.30. The van der Waals surface area contributed by atoms with Gasteiger partial charge in [-0.2, -0.15) is 0 Å². The second-order valence-corrected chi connectivity index (χ2v) is 6.88. The fraction of sp³-hybridized carbons (Fsp3) is 0.611. The monoisotopic (exact) mass is 323 g/mol. The molecule has 0 bridgehead atoms. The maximum atomic E-state index is 13.3. The summed E-state index contributed by atoms with van der Waals surface area (Å²) < 4.78 is 13.3. The summed E-state index contributed by atoms with van der Waals surface area (Å²) in [4.78, 5) is 14.1. The molecule has 0 aromatic heterocycles. The Labute approximate surface area is 136 Å². The third kappa shape index (κ3) is 4.93. The number of phenolic OH excluding ortho intramolecular Hbond substituents is 1. The van der Waals surface area contributed by atoms with Crippen LogP contribution in [0.5, 0.6) is 5.75 Å². The topological polar surface area (TPSA) is 60.8 Å². The summed E-state index contributed by atoms with van der Waals surface area (Å²) >= 11 is 0. The number of aliphatic hydroxyl groups excluding tert-OH is 1. The second-order valence-electron chi connectivity index (χ2n) is 6.88. The van der Waals surface area contributed by atoms with E-state index in [0.717, 1.165) is 19.3 Å². The molecule has 1 aliphatic rings. The first-order valence-electron chi connectivity index (χ1n) is 8.30. The number of aliphatic hydroxyl groups is 1. The SMILES string of the molecule is CC(C)C[C@@H](O)C1CCN(C(=O)Cc2ccc(O)c(F)c2)CC1. The number of piperidine rings is 1. The Morgan fingerprint density at radius 1 is 1.35 bits per heavy atom. The summed E-state index contributed by atoms with van der Waals surface area (Å²) in [6.45, 7) is 5.47. The Bertz CT molecular complexity index is 539. The number of carbonyl (C=O) groups is 1. The van der Waals surface area contributed by atoms with Crippen LogP contribution in [0.1, 0.15) is 38.7 Å². The van der Waals surface area contributed by atoms with Crippen molar-refractivity contribution in [3.05, 3.63) is 29.6 Å². The van der Waals surface area contributed by atoms with Crippen LogP contribution in [-0.4, -0.2) is 40.2 Å². The summed E-state index contributed by atoms with van der Waals surface area (Å²) in [6, 6.07) is 4.04. The van der Waals surface area contributed by atoms with Gasteiger partial charge in [-0.1, -0.05) is 19.9 Å². The van der Waals surface area contributed by atoms with E-state index in [-0.39, 0.29) is 24.3 Å². The fourth-order valence-corrected chi connectivity index (χ4v) is 3.16. The van der Waals surface area contributed by atoms with E-state index in [1.807, 2.05) is 0 Å². The number of carbonyl (C=O) groups excluding carboxylic acids is 1. The predicted molar refractivity (Wildman–Crippen MR) is 86.5 cm³/mol. The van der Waals surface area contributed by atoms with Crippen molar-refractivity contribution in [2.45, 2.75) is 45.6 Å². The molecule has 2 N–H and O–H groups in total. The smallest absolute Gasteiger partial charge is 0.226 e. The van der Waals surface area contributed by atoms with Crippen LogP contribution >= 0.6 is 0 Å². The molecule has 1 saturated heterocycles. The molecule has 4 nitrogen and oxygen atoms in total. The van der Waals surface area contributed by atoms with Crippen LogP contribution in [0, 0.1) is 17.7 Å². The molecule has 0 saturated carbocycles. The van der Waals surface area contributed by atoms with Crippen LogP contribution in [-0.2, 0) is 11.2 Å². The third-order valence-electron chi connectivity index (χ3n) is 4.52. The molecular formula is C18H26FNO3. The van der Waals surface area contributed by atoms with Crippen molar-refractivity contribution in [3.63, 3.8) is 0 Å². The average Bonchev–Trinajstić information content (AvgIpc) is 2.50. The van der Waals surface area contributed by atoms with Gasteiger partial charge in [-0.25, -0.2) is 4.39 Å². The van der Waals surface area contributed by atoms with Gasteiger partial charge in [0.15, 0.2) is 11.6 Å². The van der Waals surface area contributed by atoms with E-state index in [1.54, 1.807) is 11.0 Å². The zero-order chi connectivity index (χ0) is 17.0. The van der Waals surface area contributed by atoms with Gasteiger partial charge < -0.3 is 15.1 Å². The first kappa shape index (κ1) is 17.7. The molecule has 0 radical (unpaired) electrons. The van der Waals surface area contributed by atoms with Crippen LogP contribution in [0.3, 0.4) is 0 Å². The molecule has 0 aliphatic carbocycles. The first-order chi connectivity index (χ1) is 10.9. The summed E-state index contributed by atoms with van der Waals surface area (Å²) in [5, 5.41) is 19.4. The number of halogens is 1. The Balaban J connectivity index is 1.84. The van der Waals surface area contributed by atoms with Gasteiger partial charge in [0.05, 0.1) is 12.5 Å². The summed E-state index contributed by atoms with van der Waals surface area (Å²) in [6.07, 6.45) is 2.26. The highest BCUT2D eigenvalue weighted by atomic mass is 19.1. The molecule has 1 aliphatic heterocycles. The second kappa shape index (κ2) is 7.77. The fourth-order valence-electron chi connectivity index (χ4n) is 3.16. The normalized spacial score (nSPS) is 17.5. The molecule has 5 heteroatoms. The maximum Gasteiger partial charge on any atom is 0.226 e. The summed E-state index contributed by atoms with van der Waals surface area (Å²) in [5.41, 5.74) is 0.562. The molecular weight excluding hydrogens is 297 g/mol. The molecule has 1 amide bonds. The van der Waals surface area contributed by atoms with Crippen molar-refractivity contribution in [2.75, 3.05) is 13.1 Å². The maximum absolute atomic E-state index is 13.3. The molecule has 23 heavy (non-hydrogen) atoms. The lowest BCUT2D eigenvalue weighted by Crippen LogP contribution is -2.42. The largest absolute Gasteiger partial charge is 0.505 e.